The van der Waals surface area contributed by atoms with Gasteiger partial charge in [-0.15, -0.1) is 24.8 Å². The van der Waals surface area contributed by atoms with Crippen LogP contribution in [0.3, 0.4) is 0 Å². The standard InChI is InChI=1S/C14H18N4O.2ClH/c15-7-10-3-5-12(6-4-10)14-17-13(19-18-14)9-16-8-11-1-2-11;;/h3-6,11,16H,1-2,7-9,15H2;2*1H. The molecule has 1 aromatic carbocycles. The van der Waals surface area contributed by atoms with E-state index in [4.69, 9.17) is 10.3 Å². The number of benzene rings is 1. The Kier molecular flexibility index (Phi) is 7.11. The predicted octanol–water partition coefficient (Wildman–Crippen LogP) is 2.54. The topological polar surface area (TPSA) is 77.0 Å². The monoisotopic (exact) mass is 330 g/mol. The number of hydrogen-bond acceptors (Lipinski definition) is 5. The lowest BCUT2D eigenvalue weighted by atomic mass is 10.1. The smallest absolute Gasteiger partial charge is 0.240 e. The van der Waals surface area contributed by atoms with Crippen molar-refractivity contribution in [3.8, 4) is 11.4 Å². The minimum Gasteiger partial charge on any atom is -0.338 e. The van der Waals surface area contributed by atoms with E-state index in [0.29, 0.717) is 24.8 Å². The number of nitrogens with two attached hydrogens (primary N) is 1. The first kappa shape index (κ1) is 17.9. The first-order valence-corrected chi connectivity index (χ1v) is 6.68. The largest absolute Gasteiger partial charge is 0.338 e. The van der Waals surface area contributed by atoms with E-state index in [2.05, 4.69) is 15.5 Å². The molecule has 0 radical (unpaired) electrons. The number of nitrogens with zero attached hydrogens (tertiary/aromatic N) is 2. The van der Waals surface area contributed by atoms with Crippen molar-refractivity contribution in [1.82, 2.24) is 15.5 Å². The maximum Gasteiger partial charge on any atom is 0.240 e. The highest BCUT2D eigenvalue weighted by Gasteiger charge is 2.20. The molecule has 1 fully saturated rings. The van der Waals surface area contributed by atoms with Crippen LogP contribution in [0.1, 0.15) is 24.3 Å². The van der Waals surface area contributed by atoms with Gasteiger partial charge < -0.3 is 15.6 Å². The summed E-state index contributed by atoms with van der Waals surface area (Å²) in [5, 5.41) is 7.33. The van der Waals surface area contributed by atoms with Crippen molar-refractivity contribution >= 4 is 24.8 Å². The molecule has 1 saturated carbocycles. The van der Waals surface area contributed by atoms with Gasteiger partial charge in [-0.2, -0.15) is 4.98 Å². The van der Waals surface area contributed by atoms with Gasteiger partial charge in [0.05, 0.1) is 6.54 Å². The van der Waals surface area contributed by atoms with Crippen LogP contribution in [-0.2, 0) is 13.1 Å². The molecule has 5 nitrogen and oxygen atoms in total. The summed E-state index contributed by atoms with van der Waals surface area (Å²) in [6.07, 6.45) is 2.69. The Morgan fingerprint density at radius 1 is 1.19 bits per heavy atom. The number of aromatic nitrogens is 2. The molecule has 0 aliphatic heterocycles. The van der Waals surface area contributed by atoms with Crippen LogP contribution in [-0.4, -0.2) is 16.7 Å². The molecule has 1 aliphatic rings. The summed E-state index contributed by atoms with van der Waals surface area (Å²) in [5.41, 5.74) is 7.62. The third-order valence-electron chi connectivity index (χ3n) is 3.32. The maximum atomic E-state index is 5.57. The van der Waals surface area contributed by atoms with Crippen LogP contribution in [0.25, 0.3) is 11.4 Å². The summed E-state index contributed by atoms with van der Waals surface area (Å²) < 4.78 is 5.23. The Balaban J connectivity index is 0.00000110. The summed E-state index contributed by atoms with van der Waals surface area (Å²) in [6, 6.07) is 7.90. The molecule has 0 saturated heterocycles. The highest BCUT2D eigenvalue weighted by Crippen LogP contribution is 2.27. The highest BCUT2D eigenvalue weighted by molar-refractivity contribution is 5.85. The van der Waals surface area contributed by atoms with Gasteiger partial charge in [0.25, 0.3) is 0 Å². The van der Waals surface area contributed by atoms with Gasteiger partial charge in [0.1, 0.15) is 0 Å². The minimum absolute atomic E-state index is 0. The van der Waals surface area contributed by atoms with Gasteiger partial charge in [0.15, 0.2) is 0 Å². The zero-order chi connectivity index (χ0) is 13.1. The summed E-state index contributed by atoms with van der Waals surface area (Å²) in [4.78, 5) is 4.38. The molecule has 0 atom stereocenters. The number of hydrogen-bond donors (Lipinski definition) is 2. The van der Waals surface area contributed by atoms with Crippen LogP contribution >= 0.6 is 24.8 Å². The molecule has 3 N–H and O–H groups in total. The molecule has 1 aromatic heterocycles. The molecule has 0 amide bonds. The third kappa shape index (κ3) is 4.97. The summed E-state index contributed by atoms with van der Waals surface area (Å²) in [5.74, 6) is 2.12. The number of rotatable bonds is 6. The third-order valence-corrected chi connectivity index (χ3v) is 3.32. The first-order chi connectivity index (χ1) is 9.35. The van der Waals surface area contributed by atoms with E-state index in [1.54, 1.807) is 0 Å². The van der Waals surface area contributed by atoms with Gasteiger partial charge in [0, 0.05) is 12.1 Å². The maximum absolute atomic E-state index is 5.57. The van der Waals surface area contributed by atoms with E-state index < -0.39 is 0 Å². The minimum atomic E-state index is 0. The van der Waals surface area contributed by atoms with Crippen molar-refractivity contribution in [2.45, 2.75) is 25.9 Å². The lowest BCUT2D eigenvalue weighted by Crippen LogP contribution is -2.16. The predicted molar refractivity (Wildman–Crippen MR) is 86.6 cm³/mol. The van der Waals surface area contributed by atoms with Crippen LogP contribution in [0.2, 0.25) is 0 Å². The van der Waals surface area contributed by atoms with E-state index in [-0.39, 0.29) is 24.8 Å². The van der Waals surface area contributed by atoms with Crippen molar-refractivity contribution in [2.24, 2.45) is 11.7 Å². The Morgan fingerprint density at radius 2 is 1.90 bits per heavy atom. The van der Waals surface area contributed by atoms with Crippen LogP contribution < -0.4 is 11.1 Å². The van der Waals surface area contributed by atoms with E-state index in [9.17, 15) is 0 Å². The van der Waals surface area contributed by atoms with Gasteiger partial charge >= 0.3 is 0 Å². The SMILES string of the molecule is Cl.Cl.NCc1ccc(-c2noc(CNCC3CC3)n2)cc1. The normalized spacial score (nSPS) is 13.4. The zero-order valence-electron chi connectivity index (χ0n) is 11.6. The van der Waals surface area contributed by atoms with E-state index in [1.165, 1.54) is 12.8 Å². The molecule has 1 heterocycles. The van der Waals surface area contributed by atoms with Crippen molar-refractivity contribution in [1.29, 1.82) is 0 Å². The van der Waals surface area contributed by atoms with Crippen LogP contribution in [0.4, 0.5) is 0 Å². The number of nitrogens with one attached hydrogen (secondary N) is 1. The number of halogens is 2. The van der Waals surface area contributed by atoms with E-state index in [1.807, 2.05) is 24.3 Å². The molecule has 21 heavy (non-hydrogen) atoms. The summed E-state index contributed by atoms with van der Waals surface area (Å²) in [7, 11) is 0. The second-order valence-corrected chi connectivity index (χ2v) is 4.99. The second kappa shape index (κ2) is 8.34. The Labute approximate surface area is 136 Å². The molecule has 0 bridgehead atoms. The molecule has 0 unspecified atom stereocenters. The average molecular weight is 331 g/mol. The quantitative estimate of drug-likeness (QED) is 0.851. The van der Waals surface area contributed by atoms with Crippen LogP contribution in [0, 0.1) is 5.92 Å². The average Bonchev–Trinajstić information content (AvgIpc) is 3.15. The van der Waals surface area contributed by atoms with Crippen molar-refractivity contribution in [3.05, 3.63) is 35.7 Å². The second-order valence-electron chi connectivity index (χ2n) is 4.99. The fourth-order valence-corrected chi connectivity index (χ4v) is 1.94. The van der Waals surface area contributed by atoms with Gasteiger partial charge in [-0.1, -0.05) is 29.4 Å². The van der Waals surface area contributed by atoms with Crippen LogP contribution in [0.15, 0.2) is 28.8 Å². The van der Waals surface area contributed by atoms with Gasteiger partial charge in [-0.3, -0.25) is 0 Å². The van der Waals surface area contributed by atoms with Crippen molar-refractivity contribution in [2.75, 3.05) is 6.54 Å². The van der Waals surface area contributed by atoms with Crippen LogP contribution in [0.5, 0.6) is 0 Å². The molecule has 3 rings (SSSR count). The Bertz CT molecular complexity index is 540. The van der Waals surface area contributed by atoms with E-state index >= 15 is 0 Å². The highest BCUT2D eigenvalue weighted by atomic mass is 35.5. The molecular formula is C14H20Cl2N4O. The fourth-order valence-electron chi connectivity index (χ4n) is 1.94. The molecule has 1 aliphatic carbocycles. The van der Waals surface area contributed by atoms with Crippen molar-refractivity contribution in [3.63, 3.8) is 0 Å². The zero-order valence-corrected chi connectivity index (χ0v) is 13.3. The first-order valence-electron chi connectivity index (χ1n) is 6.68. The molecule has 116 valence electrons. The van der Waals surface area contributed by atoms with Gasteiger partial charge in [0.2, 0.25) is 11.7 Å². The Morgan fingerprint density at radius 3 is 2.52 bits per heavy atom. The fraction of sp³-hybridized carbons (Fsp3) is 0.429. The Hall–Kier alpha value is -1.14. The molecule has 0 spiro atoms. The summed E-state index contributed by atoms with van der Waals surface area (Å²) in [6.45, 7) is 2.23. The molecular weight excluding hydrogens is 311 g/mol. The molecule has 2 aromatic rings. The van der Waals surface area contributed by atoms with Gasteiger partial charge in [-0.05, 0) is 30.9 Å². The summed E-state index contributed by atoms with van der Waals surface area (Å²) >= 11 is 0. The van der Waals surface area contributed by atoms with Crippen molar-refractivity contribution < 1.29 is 4.52 Å². The lowest BCUT2D eigenvalue weighted by molar-refractivity contribution is 0.367. The van der Waals surface area contributed by atoms with Gasteiger partial charge in [-0.25, -0.2) is 0 Å². The van der Waals surface area contributed by atoms with E-state index in [0.717, 1.165) is 23.6 Å². The molecule has 7 heteroatoms. The lowest BCUT2D eigenvalue weighted by Gasteiger charge is -1.98.